The SMILES string of the molecule is C[C@H]1OCc2c1c(N)nc1ccc(C(=O)N3CC[C@](O)(c4ccc(C(F)(F)F)cc4)C3)cc21. The minimum Gasteiger partial charge on any atom is -0.383 e. The summed E-state index contributed by atoms with van der Waals surface area (Å²) in [5, 5.41) is 11.9. The molecule has 0 saturated carbocycles. The van der Waals surface area contributed by atoms with Gasteiger partial charge in [-0.15, -0.1) is 0 Å². The van der Waals surface area contributed by atoms with Crippen LogP contribution in [0.2, 0.25) is 0 Å². The minimum absolute atomic E-state index is 0.00647. The van der Waals surface area contributed by atoms with Crippen LogP contribution in [0.1, 0.15) is 52.1 Å². The summed E-state index contributed by atoms with van der Waals surface area (Å²) in [6, 6.07) is 9.60. The van der Waals surface area contributed by atoms with Crippen molar-refractivity contribution in [3.05, 3.63) is 70.3 Å². The van der Waals surface area contributed by atoms with Gasteiger partial charge in [-0.1, -0.05) is 12.1 Å². The summed E-state index contributed by atoms with van der Waals surface area (Å²) in [6.07, 6.45) is -4.39. The number of β-amino-alcohol motifs (C(OH)–C–C–N with tert-alkyl or cyclic N) is 1. The van der Waals surface area contributed by atoms with Crippen LogP contribution >= 0.6 is 0 Å². The van der Waals surface area contributed by atoms with Crippen molar-refractivity contribution in [2.24, 2.45) is 0 Å². The fourth-order valence-corrected chi connectivity index (χ4v) is 4.75. The summed E-state index contributed by atoms with van der Waals surface area (Å²) in [5.41, 5.74) is 7.12. The highest BCUT2D eigenvalue weighted by molar-refractivity contribution is 5.99. The largest absolute Gasteiger partial charge is 0.416 e. The molecule has 172 valence electrons. The van der Waals surface area contributed by atoms with Crippen LogP contribution in [0.5, 0.6) is 0 Å². The number of benzene rings is 2. The lowest BCUT2D eigenvalue weighted by Gasteiger charge is -2.24. The number of likely N-dealkylation sites (tertiary alicyclic amines) is 1. The molecule has 2 aliphatic rings. The Morgan fingerprint density at radius 2 is 1.97 bits per heavy atom. The predicted octanol–water partition coefficient (Wildman–Crippen LogP) is 4.16. The van der Waals surface area contributed by atoms with Crippen LogP contribution in [0, 0.1) is 0 Å². The summed E-state index contributed by atoms with van der Waals surface area (Å²) in [6.45, 7) is 2.56. The van der Waals surface area contributed by atoms with E-state index >= 15 is 0 Å². The number of aromatic nitrogens is 1. The van der Waals surface area contributed by atoms with E-state index in [-0.39, 0.29) is 31.5 Å². The van der Waals surface area contributed by atoms with Gasteiger partial charge in [-0.25, -0.2) is 4.98 Å². The van der Waals surface area contributed by atoms with Gasteiger partial charge >= 0.3 is 6.18 Å². The third kappa shape index (κ3) is 3.61. The van der Waals surface area contributed by atoms with E-state index < -0.39 is 17.3 Å². The molecule has 3 aromatic rings. The normalized spacial score (nSPS) is 22.7. The van der Waals surface area contributed by atoms with Crippen LogP contribution < -0.4 is 5.73 Å². The van der Waals surface area contributed by atoms with Crippen molar-refractivity contribution in [1.29, 1.82) is 0 Å². The minimum atomic E-state index is -4.45. The molecular formula is C24H22F3N3O3. The van der Waals surface area contributed by atoms with Crippen LogP contribution in [-0.2, 0) is 23.1 Å². The molecule has 1 saturated heterocycles. The molecule has 1 fully saturated rings. The number of carbonyl (C=O) groups is 1. The highest BCUT2D eigenvalue weighted by atomic mass is 19.4. The zero-order valence-corrected chi connectivity index (χ0v) is 17.8. The predicted molar refractivity (Wildman–Crippen MR) is 115 cm³/mol. The molecule has 0 radical (unpaired) electrons. The zero-order chi connectivity index (χ0) is 23.5. The molecule has 0 unspecified atom stereocenters. The van der Waals surface area contributed by atoms with E-state index in [0.29, 0.717) is 29.1 Å². The van der Waals surface area contributed by atoms with Gasteiger partial charge < -0.3 is 20.5 Å². The summed E-state index contributed by atoms with van der Waals surface area (Å²) in [4.78, 5) is 19.2. The van der Waals surface area contributed by atoms with Crippen molar-refractivity contribution in [2.45, 2.75) is 37.8 Å². The van der Waals surface area contributed by atoms with Crippen molar-refractivity contribution in [1.82, 2.24) is 9.88 Å². The maximum atomic E-state index is 13.2. The van der Waals surface area contributed by atoms with Crippen molar-refractivity contribution in [3.8, 4) is 0 Å². The van der Waals surface area contributed by atoms with E-state index in [9.17, 15) is 23.1 Å². The maximum absolute atomic E-state index is 13.2. The lowest BCUT2D eigenvalue weighted by Crippen LogP contribution is -2.34. The first-order valence-corrected chi connectivity index (χ1v) is 10.6. The Balaban J connectivity index is 1.41. The average molecular weight is 457 g/mol. The average Bonchev–Trinajstić information content (AvgIpc) is 3.37. The molecule has 3 heterocycles. The molecular weight excluding hydrogens is 435 g/mol. The van der Waals surface area contributed by atoms with Crippen molar-refractivity contribution >= 4 is 22.6 Å². The molecule has 0 bridgehead atoms. The van der Waals surface area contributed by atoms with Crippen LogP contribution in [-0.4, -0.2) is 34.0 Å². The Hall–Kier alpha value is -3.17. The van der Waals surface area contributed by atoms with E-state index in [1.165, 1.54) is 17.0 Å². The molecule has 3 N–H and O–H groups in total. The first-order chi connectivity index (χ1) is 15.6. The zero-order valence-electron chi connectivity index (χ0n) is 17.8. The van der Waals surface area contributed by atoms with E-state index in [2.05, 4.69) is 4.98 Å². The van der Waals surface area contributed by atoms with Gasteiger partial charge in [-0.2, -0.15) is 13.2 Å². The summed E-state index contributed by atoms with van der Waals surface area (Å²) < 4.78 is 44.3. The second kappa shape index (κ2) is 7.43. The van der Waals surface area contributed by atoms with E-state index in [1.54, 1.807) is 18.2 Å². The number of hydrogen-bond donors (Lipinski definition) is 2. The third-order valence-corrected chi connectivity index (χ3v) is 6.58. The van der Waals surface area contributed by atoms with Gasteiger partial charge in [0.15, 0.2) is 0 Å². The highest BCUT2D eigenvalue weighted by Crippen LogP contribution is 2.39. The number of amides is 1. The number of nitrogen functional groups attached to an aromatic ring is 1. The molecule has 0 spiro atoms. The molecule has 9 heteroatoms. The van der Waals surface area contributed by atoms with E-state index in [0.717, 1.165) is 28.6 Å². The second-order valence-electron chi connectivity index (χ2n) is 8.66. The lowest BCUT2D eigenvalue weighted by molar-refractivity contribution is -0.137. The number of rotatable bonds is 2. The topological polar surface area (TPSA) is 88.7 Å². The quantitative estimate of drug-likeness (QED) is 0.603. The number of alkyl halides is 3. The number of nitrogens with zero attached hydrogens (tertiary/aromatic N) is 2. The van der Waals surface area contributed by atoms with E-state index in [4.69, 9.17) is 10.5 Å². The number of halogens is 3. The molecule has 2 aliphatic heterocycles. The second-order valence-corrected chi connectivity index (χ2v) is 8.66. The Labute approximate surface area is 187 Å². The summed E-state index contributed by atoms with van der Waals surface area (Å²) in [7, 11) is 0. The van der Waals surface area contributed by atoms with Crippen molar-refractivity contribution in [2.75, 3.05) is 18.8 Å². The standard InChI is InChI=1S/C24H22F3N3O3/c1-13-20-18(11-33-13)17-10-14(2-7-19(17)29-21(20)28)22(31)30-9-8-23(32,12-30)15-3-5-16(6-4-15)24(25,26)27/h2-7,10,13,32H,8-9,11-12H2,1H3,(H2,28,29)/t13-,23-/m1/s1. The Kier molecular flexibility index (Phi) is 4.88. The first-order valence-electron chi connectivity index (χ1n) is 10.6. The number of hydrogen-bond acceptors (Lipinski definition) is 5. The van der Waals surface area contributed by atoms with Crippen molar-refractivity contribution in [3.63, 3.8) is 0 Å². The monoisotopic (exact) mass is 457 g/mol. The number of carbonyl (C=O) groups excluding carboxylic acids is 1. The number of pyridine rings is 1. The number of aliphatic hydroxyl groups is 1. The summed E-state index contributed by atoms with van der Waals surface area (Å²) >= 11 is 0. The molecule has 6 nitrogen and oxygen atoms in total. The Bertz CT molecular complexity index is 1260. The molecule has 2 aromatic carbocycles. The molecule has 1 amide bonds. The molecule has 5 rings (SSSR count). The van der Waals surface area contributed by atoms with E-state index in [1.807, 2.05) is 6.92 Å². The fraction of sp³-hybridized carbons (Fsp3) is 0.333. The Morgan fingerprint density at radius 1 is 1.24 bits per heavy atom. The van der Waals surface area contributed by atoms with Gasteiger partial charge in [-0.05, 0) is 54.8 Å². The number of fused-ring (bicyclic) bond motifs is 3. The molecule has 2 atom stereocenters. The Morgan fingerprint density at radius 3 is 2.67 bits per heavy atom. The van der Waals surface area contributed by atoms with Gasteiger partial charge in [-0.3, -0.25) is 4.79 Å². The van der Waals surface area contributed by atoms with Crippen molar-refractivity contribution < 1.29 is 27.8 Å². The summed E-state index contributed by atoms with van der Waals surface area (Å²) in [5.74, 6) is 0.153. The molecule has 33 heavy (non-hydrogen) atoms. The number of anilines is 1. The lowest BCUT2D eigenvalue weighted by atomic mass is 9.92. The van der Waals surface area contributed by atoms with Gasteiger partial charge in [0, 0.05) is 23.1 Å². The van der Waals surface area contributed by atoms with Gasteiger partial charge in [0.25, 0.3) is 5.91 Å². The third-order valence-electron chi connectivity index (χ3n) is 6.58. The fourth-order valence-electron chi connectivity index (χ4n) is 4.75. The van der Waals surface area contributed by atoms with Gasteiger partial charge in [0.1, 0.15) is 11.4 Å². The molecule has 1 aromatic heterocycles. The van der Waals surface area contributed by atoms with Crippen LogP contribution in [0.3, 0.4) is 0 Å². The van der Waals surface area contributed by atoms with Gasteiger partial charge in [0.05, 0.1) is 30.3 Å². The highest BCUT2D eigenvalue weighted by Gasteiger charge is 2.40. The van der Waals surface area contributed by atoms with Crippen LogP contribution in [0.4, 0.5) is 19.0 Å². The maximum Gasteiger partial charge on any atom is 0.416 e. The first kappa shape index (κ1) is 21.7. The smallest absolute Gasteiger partial charge is 0.383 e. The van der Waals surface area contributed by atoms with Crippen LogP contribution in [0.25, 0.3) is 10.9 Å². The number of ether oxygens (including phenoxy) is 1. The van der Waals surface area contributed by atoms with Crippen LogP contribution in [0.15, 0.2) is 42.5 Å². The molecule has 0 aliphatic carbocycles. The van der Waals surface area contributed by atoms with Gasteiger partial charge in [0.2, 0.25) is 0 Å². The number of nitrogens with two attached hydrogens (primary N) is 1.